The van der Waals surface area contributed by atoms with Gasteiger partial charge in [-0.25, -0.2) is 0 Å². The van der Waals surface area contributed by atoms with Crippen LogP contribution >= 0.6 is 0 Å². The molecule has 0 fully saturated rings. The second-order valence-corrected chi connectivity index (χ2v) is 8.80. The van der Waals surface area contributed by atoms with Crippen LogP contribution in [0.4, 0.5) is 11.4 Å². The van der Waals surface area contributed by atoms with E-state index in [1.807, 2.05) is 12.1 Å². The van der Waals surface area contributed by atoms with Gasteiger partial charge in [-0.05, 0) is 68.4 Å². The van der Waals surface area contributed by atoms with Crippen molar-refractivity contribution in [2.45, 2.75) is 20.0 Å². The predicted molar refractivity (Wildman–Crippen MR) is 151 cm³/mol. The van der Waals surface area contributed by atoms with Gasteiger partial charge in [0.25, 0.3) is 11.8 Å². The third-order valence-electron chi connectivity index (χ3n) is 5.74. The van der Waals surface area contributed by atoms with Crippen LogP contribution in [0.3, 0.4) is 0 Å². The minimum Gasteiger partial charge on any atom is -0.491 e. The van der Waals surface area contributed by atoms with E-state index in [0.717, 1.165) is 5.39 Å². The molecule has 9 heteroatoms. The fraction of sp³-hybridized carbons (Fsp3) is 0.167. The lowest BCUT2D eigenvalue weighted by atomic mass is 10.1. The number of hydrogen-bond donors (Lipinski definition) is 4. The number of pyridine rings is 1. The first-order chi connectivity index (χ1) is 18.8. The monoisotopic (exact) mass is 526 g/mol. The molecule has 0 bridgehead atoms. The Morgan fingerprint density at radius 3 is 2.18 bits per heavy atom. The SMILES string of the molecule is CN/C(C)=C(\C(=O)Nc1ccccc1)C(=O)Nc1ccc(Oc2ccnc3cc(OCC(C)O)ccc23)cc1. The number of fused-ring (bicyclic) bond motifs is 1. The lowest BCUT2D eigenvalue weighted by molar-refractivity contribution is -0.118. The van der Waals surface area contributed by atoms with Gasteiger partial charge in [0.05, 0.1) is 11.6 Å². The number of amides is 2. The number of rotatable bonds is 10. The zero-order valence-corrected chi connectivity index (χ0v) is 21.9. The Morgan fingerprint density at radius 1 is 0.897 bits per heavy atom. The Balaban J connectivity index is 1.45. The lowest BCUT2D eigenvalue weighted by Crippen LogP contribution is -2.29. The maximum Gasteiger partial charge on any atom is 0.263 e. The molecule has 9 nitrogen and oxygen atoms in total. The Hall–Kier alpha value is -4.89. The third-order valence-corrected chi connectivity index (χ3v) is 5.74. The molecule has 1 aromatic heterocycles. The van der Waals surface area contributed by atoms with Crippen molar-refractivity contribution in [3.8, 4) is 17.2 Å². The van der Waals surface area contributed by atoms with Crippen LogP contribution in [0.25, 0.3) is 10.9 Å². The third kappa shape index (κ3) is 7.12. The van der Waals surface area contributed by atoms with Crippen LogP contribution in [0.5, 0.6) is 17.2 Å². The Labute approximate surface area is 226 Å². The second-order valence-electron chi connectivity index (χ2n) is 8.80. The Kier molecular flexibility index (Phi) is 8.75. The van der Waals surface area contributed by atoms with Crippen LogP contribution in [0.2, 0.25) is 0 Å². The Morgan fingerprint density at radius 2 is 1.54 bits per heavy atom. The van der Waals surface area contributed by atoms with Gasteiger partial charge in [-0.3, -0.25) is 14.6 Å². The number of hydrogen-bond acceptors (Lipinski definition) is 7. The first-order valence-electron chi connectivity index (χ1n) is 12.4. The van der Waals surface area contributed by atoms with Gasteiger partial charge in [0.2, 0.25) is 0 Å². The number of para-hydroxylation sites is 1. The average Bonchev–Trinajstić information content (AvgIpc) is 2.93. The number of ether oxygens (including phenoxy) is 2. The number of aliphatic hydroxyl groups excluding tert-OH is 1. The molecule has 39 heavy (non-hydrogen) atoms. The minimum absolute atomic E-state index is 0.0262. The molecule has 2 amide bonds. The number of nitrogens with one attached hydrogen (secondary N) is 3. The topological polar surface area (TPSA) is 122 Å². The molecule has 3 aromatic carbocycles. The molecule has 4 N–H and O–H groups in total. The highest BCUT2D eigenvalue weighted by atomic mass is 16.5. The standard InChI is InChI=1S/C30H30N4O5/c1-19(35)18-38-24-13-14-25-26(17-24)32-16-15-27(25)39-23-11-9-22(10-12-23)34-30(37)28(20(2)31-3)29(36)33-21-7-5-4-6-8-21/h4-17,19,31,35H,18H2,1-3H3,(H,33,36)(H,34,37)/b28-20+. The van der Waals surface area contributed by atoms with Gasteiger partial charge in [0.15, 0.2) is 0 Å². The smallest absolute Gasteiger partial charge is 0.263 e. The molecule has 0 radical (unpaired) electrons. The van der Waals surface area contributed by atoms with E-state index in [2.05, 4.69) is 20.9 Å². The number of carbonyl (C=O) groups excluding carboxylic acids is 2. The summed E-state index contributed by atoms with van der Waals surface area (Å²) in [6, 6.07) is 23.0. The number of nitrogens with zero attached hydrogens (tertiary/aromatic N) is 1. The van der Waals surface area contributed by atoms with E-state index in [0.29, 0.717) is 39.8 Å². The number of anilines is 2. The summed E-state index contributed by atoms with van der Waals surface area (Å²) in [6.07, 6.45) is 1.07. The van der Waals surface area contributed by atoms with Crippen molar-refractivity contribution < 1.29 is 24.2 Å². The molecular formula is C30H30N4O5. The van der Waals surface area contributed by atoms with Gasteiger partial charge in [0, 0.05) is 41.8 Å². The van der Waals surface area contributed by atoms with Gasteiger partial charge in [-0.15, -0.1) is 0 Å². The number of benzene rings is 3. The van der Waals surface area contributed by atoms with Gasteiger partial charge < -0.3 is 30.5 Å². The van der Waals surface area contributed by atoms with E-state index in [4.69, 9.17) is 9.47 Å². The lowest BCUT2D eigenvalue weighted by Gasteiger charge is -2.14. The Bertz CT molecular complexity index is 1480. The molecule has 1 atom stereocenters. The summed E-state index contributed by atoms with van der Waals surface area (Å²) in [7, 11) is 1.65. The first-order valence-corrected chi connectivity index (χ1v) is 12.4. The van der Waals surface area contributed by atoms with E-state index >= 15 is 0 Å². The highest BCUT2D eigenvalue weighted by Gasteiger charge is 2.22. The van der Waals surface area contributed by atoms with Gasteiger partial charge in [-0.1, -0.05) is 18.2 Å². The van der Waals surface area contributed by atoms with Crippen LogP contribution in [-0.4, -0.2) is 41.7 Å². The predicted octanol–water partition coefficient (Wildman–Crippen LogP) is 4.86. The summed E-state index contributed by atoms with van der Waals surface area (Å²) < 4.78 is 11.6. The van der Waals surface area contributed by atoms with Crippen molar-refractivity contribution in [1.82, 2.24) is 10.3 Å². The quantitative estimate of drug-likeness (QED) is 0.132. The van der Waals surface area contributed by atoms with Crippen molar-refractivity contribution in [2.24, 2.45) is 0 Å². The molecule has 0 saturated heterocycles. The summed E-state index contributed by atoms with van der Waals surface area (Å²) in [4.78, 5) is 30.3. The molecule has 0 aliphatic rings. The van der Waals surface area contributed by atoms with Crippen molar-refractivity contribution in [3.63, 3.8) is 0 Å². The molecule has 0 aliphatic carbocycles. The van der Waals surface area contributed by atoms with Crippen LogP contribution in [0.15, 0.2) is 96.3 Å². The summed E-state index contributed by atoms with van der Waals surface area (Å²) >= 11 is 0. The van der Waals surface area contributed by atoms with Crippen LogP contribution in [-0.2, 0) is 9.59 Å². The number of allylic oxidation sites excluding steroid dienone is 1. The molecular weight excluding hydrogens is 496 g/mol. The zero-order chi connectivity index (χ0) is 27.8. The maximum absolute atomic E-state index is 13.0. The maximum atomic E-state index is 13.0. The van der Waals surface area contributed by atoms with E-state index < -0.39 is 17.9 Å². The van der Waals surface area contributed by atoms with Crippen LogP contribution in [0, 0.1) is 0 Å². The largest absolute Gasteiger partial charge is 0.491 e. The summed E-state index contributed by atoms with van der Waals surface area (Å²) in [6.45, 7) is 3.51. The number of aromatic nitrogens is 1. The van der Waals surface area contributed by atoms with E-state index in [1.54, 1.807) is 93.8 Å². The molecule has 200 valence electrons. The molecule has 0 saturated carbocycles. The normalized spacial score (nSPS) is 12.2. The average molecular weight is 527 g/mol. The number of aliphatic hydroxyl groups is 1. The molecule has 1 unspecified atom stereocenters. The highest BCUT2D eigenvalue weighted by Crippen LogP contribution is 2.31. The fourth-order valence-corrected chi connectivity index (χ4v) is 3.71. The molecule has 1 heterocycles. The van der Waals surface area contributed by atoms with Crippen molar-refractivity contribution in [3.05, 3.63) is 96.3 Å². The fourth-order valence-electron chi connectivity index (χ4n) is 3.71. The van der Waals surface area contributed by atoms with E-state index in [1.165, 1.54) is 0 Å². The highest BCUT2D eigenvalue weighted by molar-refractivity contribution is 6.26. The minimum atomic E-state index is -0.572. The molecule has 0 spiro atoms. The molecule has 4 rings (SSSR count). The number of carbonyl (C=O) groups is 2. The van der Waals surface area contributed by atoms with Gasteiger partial charge in [-0.2, -0.15) is 0 Å². The zero-order valence-electron chi connectivity index (χ0n) is 21.9. The van der Waals surface area contributed by atoms with Crippen molar-refractivity contribution >= 4 is 34.1 Å². The van der Waals surface area contributed by atoms with Crippen LogP contribution < -0.4 is 25.4 Å². The van der Waals surface area contributed by atoms with E-state index in [9.17, 15) is 14.7 Å². The van der Waals surface area contributed by atoms with E-state index in [-0.39, 0.29) is 12.2 Å². The van der Waals surface area contributed by atoms with Crippen molar-refractivity contribution in [1.29, 1.82) is 0 Å². The summed E-state index contributed by atoms with van der Waals surface area (Å²) in [5, 5.41) is 18.6. The first kappa shape index (κ1) is 27.2. The van der Waals surface area contributed by atoms with Crippen molar-refractivity contribution in [2.75, 3.05) is 24.3 Å². The second kappa shape index (κ2) is 12.6. The van der Waals surface area contributed by atoms with Gasteiger partial charge >= 0.3 is 0 Å². The molecule has 0 aliphatic heterocycles. The van der Waals surface area contributed by atoms with Crippen LogP contribution in [0.1, 0.15) is 13.8 Å². The summed E-state index contributed by atoms with van der Waals surface area (Å²) in [5.74, 6) is 0.699. The van der Waals surface area contributed by atoms with Gasteiger partial charge in [0.1, 0.15) is 29.4 Å². The molecule has 4 aromatic rings. The summed E-state index contributed by atoms with van der Waals surface area (Å²) in [5.41, 5.74) is 2.19.